The van der Waals surface area contributed by atoms with E-state index in [0.717, 1.165) is 25.1 Å². The minimum Gasteiger partial charge on any atom is -0.396 e. The first-order chi connectivity index (χ1) is 7.67. The molecule has 0 aromatic carbocycles. The number of hydrogen-bond acceptors (Lipinski definition) is 4. The monoisotopic (exact) mass is 239 g/mol. The number of rotatable bonds is 6. The zero-order chi connectivity index (χ0) is 12.0. The number of nitrogens with one attached hydrogen (secondary N) is 1. The number of nitrogen functional groups attached to an aromatic ring is 1. The largest absolute Gasteiger partial charge is 0.396 e. The van der Waals surface area contributed by atoms with Gasteiger partial charge in [0.2, 0.25) is 0 Å². The van der Waals surface area contributed by atoms with Crippen LogP contribution in [0.15, 0.2) is 18.5 Å². The standard InChI is InChI=1S/C12H21N3S/c1-4-12(5-2,16-3)9-15-11-6-7-14-8-10(11)13/h6-8H,4-5,9,13H2,1-3H3,(H,14,15). The molecule has 0 spiro atoms. The Labute approximate surface area is 102 Å². The Bertz CT molecular complexity index is 316. The van der Waals surface area contributed by atoms with Gasteiger partial charge in [-0.2, -0.15) is 11.8 Å². The molecule has 1 aromatic rings. The minimum absolute atomic E-state index is 0.301. The van der Waals surface area contributed by atoms with E-state index in [9.17, 15) is 0 Å². The predicted molar refractivity (Wildman–Crippen MR) is 74.0 cm³/mol. The number of pyridine rings is 1. The first-order valence-corrected chi connectivity index (χ1v) is 6.88. The minimum atomic E-state index is 0.301. The predicted octanol–water partition coefficient (Wildman–Crippen LogP) is 3.00. The molecule has 0 unspecified atom stereocenters. The van der Waals surface area contributed by atoms with Crippen LogP contribution in [0.3, 0.4) is 0 Å². The number of nitrogens with zero attached hydrogens (tertiary/aromatic N) is 1. The molecule has 0 saturated carbocycles. The van der Waals surface area contributed by atoms with Crippen LogP contribution in [0.2, 0.25) is 0 Å². The Morgan fingerprint density at radius 3 is 2.62 bits per heavy atom. The lowest BCUT2D eigenvalue weighted by molar-refractivity contribution is 0.575. The van der Waals surface area contributed by atoms with E-state index in [2.05, 4.69) is 30.4 Å². The Hall–Kier alpha value is -0.900. The lowest BCUT2D eigenvalue weighted by Gasteiger charge is -2.30. The molecule has 0 aliphatic heterocycles. The van der Waals surface area contributed by atoms with Crippen LogP contribution in [0.4, 0.5) is 11.4 Å². The molecule has 1 aromatic heterocycles. The van der Waals surface area contributed by atoms with Crippen molar-refractivity contribution in [3.8, 4) is 0 Å². The quantitative estimate of drug-likeness (QED) is 0.801. The summed E-state index contributed by atoms with van der Waals surface area (Å²) in [5.74, 6) is 0. The van der Waals surface area contributed by atoms with Gasteiger partial charge in [-0.3, -0.25) is 4.98 Å². The van der Waals surface area contributed by atoms with Gasteiger partial charge in [0, 0.05) is 17.5 Å². The second kappa shape index (κ2) is 5.99. The molecule has 0 fully saturated rings. The van der Waals surface area contributed by atoms with Crippen molar-refractivity contribution in [1.82, 2.24) is 4.98 Å². The molecule has 0 saturated heterocycles. The topological polar surface area (TPSA) is 50.9 Å². The Balaban J connectivity index is 2.66. The molecule has 0 aliphatic rings. The summed E-state index contributed by atoms with van der Waals surface area (Å²) in [6.07, 6.45) is 7.92. The first-order valence-electron chi connectivity index (χ1n) is 5.66. The average molecular weight is 239 g/mol. The van der Waals surface area contributed by atoms with E-state index in [1.807, 2.05) is 17.8 Å². The lowest BCUT2D eigenvalue weighted by Crippen LogP contribution is -2.32. The molecule has 0 radical (unpaired) electrons. The third-order valence-electron chi connectivity index (χ3n) is 3.17. The second-order valence-electron chi connectivity index (χ2n) is 3.91. The van der Waals surface area contributed by atoms with Crippen molar-refractivity contribution >= 4 is 23.1 Å². The summed E-state index contributed by atoms with van der Waals surface area (Å²) in [6.45, 7) is 5.41. The van der Waals surface area contributed by atoms with Gasteiger partial charge in [-0.05, 0) is 25.2 Å². The maximum Gasteiger partial charge on any atom is 0.0736 e. The SMILES string of the molecule is CCC(CC)(CNc1ccncc1N)SC. The summed E-state index contributed by atoms with van der Waals surface area (Å²) in [7, 11) is 0. The van der Waals surface area contributed by atoms with Crippen LogP contribution in [0, 0.1) is 0 Å². The highest BCUT2D eigenvalue weighted by atomic mass is 32.2. The number of nitrogens with two attached hydrogens (primary N) is 1. The van der Waals surface area contributed by atoms with Gasteiger partial charge in [0.1, 0.15) is 0 Å². The van der Waals surface area contributed by atoms with Crippen LogP contribution in [-0.4, -0.2) is 22.5 Å². The zero-order valence-electron chi connectivity index (χ0n) is 10.3. The molecule has 0 bridgehead atoms. The molecule has 3 nitrogen and oxygen atoms in total. The molecule has 1 rings (SSSR count). The summed E-state index contributed by atoms with van der Waals surface area (Å²) < 4.78 is 0.301. The number of hydrogen-bond donors (Lipinski definition) is 2. The van der Waals surface area contributed by atoms with Gasteiger partial charge < -0.3 is 11.1 Å². The van der Waals surface area contributed by atoms with Crippen LogP contribution in [0.1, 0.15) is 26.7 Å². The van der Waals surface area contributed by atoms with Crippen molar-refractivity contribution in [3.63, 3.8) is 0 Å². The smallest absolute Gasteiger partial charge is 0.0736 e. The highest BCUT2D eigenvalue weighted by Crippen LogP contribution is 2.31. The fourth-order valence-electron chi connectivity index (χ4n) is 1.68. The maximum atomic E-state index is 5.84. The highest BCUT2D eigenvalue weighted by molar-refractivity contribution is 8.00. The van der Waals surface area contributed by atoms with E-state index in [4.69, 9.17) is 5.73 Å². The van der Waals surface area contributed by atoms with Crippen molar-refractivity contribution in [2.45, 2.75) is 31.4 Å². The summed E-state index contributed by atoms with van der Waals surface area (Å²) in [5, 5.41) is 3.42. The summed E-state index contributed by atoms with van der Waals surface area (Å²) in [5.41, 5.74) is 7.54. The van der Waals surface area contributed by atoms with Crippen molar-refractivity contribution in [3.05, 3.63) is 18.5 Å². The van der Waals surface area contributed by atoms with Crippen LogP contribution in [0.5, 0.6) is 0 Å². The third kappa shape index (κ3) is 3.04. The molecule has 0 amide bonds. The average Bonchev–Trinajstić information content (AvgIpc) is 2.34. The van der Waals surface area contributed by atoms with Crippen LogP contribution in [-0.2, 0) is 0 Å². The van der Waals surface area contributed by atoms with Gasteiger partial charge in [-0.15, -0.1) is 0 Å². The summed E-state index contributed by atoms with van der Waals surface area (Å²) in [4.78, 5) is 3.98. The summed E-state index contributed by atoms with van der Waals surface area (Å²) in [6, 6.07) is 1.92. The van der Waals surface area contributed by atoms with Crippen LogP contribution < -0.4 is 11.1 Å². The Morgan fingerprint density at radius 1 is 1.44 bits per heavy atom. The van der Waals surface area contributed by atoms with Gasteiger partial charge in [0.05, 0.1) is 17.6 Å². The molecule has 3 N–H and O–H groups in total. The van der Waals surface area contributed by atoms with Crippen molar-refractivity contribution < 1.29 is 0 Å². The van der Waals surface area contributed by atoms with Gasteiger partial charge in [-0.25, -0.2) is 0 Å². The molecule has 1 heterocycles. The van der Waals surface area contributed by atoms with Crippen molar-refractivity contribution in [1.29, 1.82) is 0 Å². The highest BCUT2D eigenvalue weighted by Gasteiger charge is 2.24. The van der Waals surface area contributed by atoms with E-state index >= 15 is 0 Å². The third-order valence-corrected chi connectivity index (χ3v) is 4.76. The normalized spacial score (nSPS) is 11.4. The fourth-order valence-corrected chi connectivity index (χ4v) is 2.48. The van der Waals surface area contributed by atoms with Gasteiger partial charge in [-0.1, -0.05) is 13.8 Å². The van der Waals surface area contributed by atoms with E-state index in [1.165, 1.54) is 0 Å². The van der Waals surface area contributed by atoms with Gasteiger partial charge in [0.25, 0.3) is 0 Å². The second-order valence-corrected chi connectivity index (χ2v) is 5.18. The molecule has 0 aliphatic carbocycles. The lowest BCUT2D eigenvalue weighted by atomic mass is 10.0. The van der Waals surface area contributed by atoms with E-state index in [-0.39, 0.29) is 0 Å². The molecule has 0 atom stereocenters. The molecule has 4 heteroatoms. The van der Waals surface area contributed by atoms with Crippen molar-refractivity contribution in [2.24, 2.45) is 0 Å². The number of thioether (sulfide) groups is 1. The molecular weight excluding hydrogens is 218 g/mol. The molecule has 16 heavy (non-hydrogen) atoms. The van der Waals surface area contributed by atoms with Gasteiger partial charge in [0.15, 0.2) is 0 Å². The number of aromatic nitrogens is 1. The van der Waals surface area contributed by atoms with Gasteiger partial charge >= 0.3 is 0 Å². The Morgan fingerprint density at radius 2 is 2.12 bits per heavy atom. The molecular formula is C12H21N3S. The van der Waals surface area contributed by atoms with Crippen LogP contribution in [0.25, 0.3) is 0 Å². The molecule has 90 valence electrons. The zero-order valence-corrected chi connectivity index (χ0v) is 11.1. The van der Waals surface area contributed by atoms with E-state index in [0.29, 0.717) is 10.4 Å². The van der Waals surface area contributed by atoms with E-state index in [1.54, 1.807) is 12.4 Å². The van der Waals surface area contributed by atoms with Crippen LogP contribution >= 0.6 is 11.8 Å². The maximum absolute atomic E-state index is 5.84. The van der Waals surface area contributed by atoms with E-state index < -0.39 is 0 Å². The first kappa shape index (κ1) is 13.2. The summed E-state index contributed by atoms with van der Waals surface area (Å²) >= 11 is 1.92. The number of anilines is 2. The Kier molecular flexibility index (Phi) is 4.93. The fraction of sp³-hybridized carbons (Fsp3) is 0.583. The van der Waals surface area contributed by atoms with Crippen molar-refractivity contribution in [2.75, 3.05) is 23.9 Å².